The van der Waals surface area contributed by atoms with Gasteiger partial charge in [0.25, 0.3) is 5.91 Å². The Morgan fingerprint density at radius 3 is 2.66 bits per heavy atom. The summed E-state index contributed by atoms with van der Waals surface area (Å²) in [5, 5.41) is 41.7. The lowest BCUT2D eigenvalue weighted by Crippen LogP contribution is -2.14. The fourth-order valence-electron chi connectivity index (χ4n) is 2.35. The summed E-state index contributed by atoms with van der Waals surface area (Å²) in [4.78, 5) is 33.7. The number of nitrogens with one attached hydrogen (secondary N) is 1. The van der Waals surface area contributed by atoms with Crippen LogP contribution in [0.1, 0.15) is 22.8 Å². The Morgan fingerprint density at radius 2 is 2.07 bits per heavy atom. The maximum Gasteiger partial charge on any atom is 0.335 e. The number of hydrogen-bond donors (Lipinski definition) is 3. The summed E-state index contributed by atoms with van der Waals surface area (Å²) in [6.07, 6.45) is 1.09. The van der Waals surface area contributed by atoms with Crippen molar-refractivity contribution in [3.05, 3.63) is 63.2 Å². The van der Waals surface area contributed by atoms with Gasteiger partial charge in [-0.05, 0) is 42.8 Å². The van der Waals surface area contributed by atoms with E-state index in [4.69, 9.17) is 9.84 Å². The molecule has 0 unspecified atom stereocenters. The van der Waals surface area contributed by atoms with Gasteiger partial charge in [-0.3, -0.25) is 14.9 Å². The predicted molar refractivity (Wildman–Crippen MR) is 102 cm³/mol. The molecule has 0 fully saturated rings. The number of nitriles is 1. The molecule has 0 heterocycles. The SMILES string of the molecule is CCOc1cc(/C=C(/C#N)C(=O)Nc2cccc(C(=O)O)c2)cc([N+](=O)[O-])c1O. The molecular weight excluding hydrogens is 382 g/mol. The van der Waals surface area contributed by atoms with Crippen LogP contribution in [0.3, 0.4) is 0 Å². The molecule has 29 heavy (non-hydrogen) atoms. The van der Waals surface area contributed by atoms with Crippen molar-refractivity contribution in [2.45, 2.75) is 6.92 Å². The average molecular weight is 397 g/mol. The van der Waals surface area contributed by atoms with Crippen LogP contribution in [0, 0.1) is 21.4 Å². The van der Waals surface area contributed by atoms with Crippen LogP contribution in [0.2, 0.25) is 0 Å². The molecule has 0 spiro atoms. The molecule has 10 heteroatoms. The van der Waals surface area contributed by atoms with E-state index in [-0.39, 0.29) is 29.2 Å². The summed E-state index contributed by atoms with van der Waals surface area (Å²) in [5.41, 5.74) is -0.852. The van der Waals surface area contributed by atoms with E-state index < -0.39 is 33.8 Å². The van der Waals surface area contributed by atoms with Gasteiger partial charge in [0.15, 0.2) is 5.75 Å². The fourth-order valence-corrected chi connectivity index (χ4v) is 2.35. The van der Waals surface area contributed by atoms with Gasteiger partial charge in [0.05, 0.1) is 17.1 Å². The van der Waals surface area contributed by atoms with Crippen molar-refractivity contribution in [1.29, 1.82) is 5.26 Å². The number of ether oxygens (including phenoxy) is 1. The highest BCUT2D eigenvalue weighted by atomic mass is 16.6. The number of carboxylic acids is 1. The third-order valence-corrected chi connectivity index (χ3v) is 3.62. The highest BCUT2D eigenvalue weighted by Gasteiger charge is 2.20. The van der Waals surface area contributed by atoms with Gasteiger partial charge in [-0.2, -0.15) is 5.26 Å². The van der Waals surface area contributed by atoms with E-state index in [0.717, 1.165) is 12.1 Å². The molecule has 0 atom stereocenters. The number of carboxylic acid groups (broad SMARTS) is 1. The molecule has 10 nitrogen and oxygen atoms in total. The minimum absolute atomic E-state index is 0.0548. The van der Waals surface area contributed by atoms with Crippen molar-refractivity contribution in [2.24, 2.45) is 0 Å². The largest absolute Gasteiger partial charge is 0.500 e. The highest BCUT2D eigenvalue weighted by molar-refractivity contribution is 6.10. The third kappa shape index (κ3) is 5.08. The third-order valence-electron chi connectivity index (χ3n) is 3.62. The van der Waals surface area contributed by atoms with Crippen LogP contribution in [0.5, 0.6) is 11.5 Å². The number of anilines is 1. The van der Waals surface area contributed by atoms with Crippen LogP contribution in [-0.2, 0) is 4.79 Å². The zero-order chi connectivity index (χ0) is 21.6. The number of phenolic OH excluding ortho intramolecular Hbond substituents is 1. The molecule has 2 aromatic carbocycles. The van der Waals surface area contributed by atoms with Crippen LogP contribution >= 0.6 is 0 Å². The van der Waals surface area contributed by atoms with Gasteiger partial charge in [0.2, 0.25) is 5.75 Å². The second-order valence-corrected chi connectivity index (χ2v) is 5.59. The first-order valence-corrected chi connectivity index (χ1v) is 8.17. The van der Waals surface area contributed by atoms with Gasteiger partial charge in [-0.1, -0.05) is 6.07 Å². The van der Waals surface area contributed by atoms with Crippen molar-refractivity contribution in [3.63, 3.8) is 0 Å². The molecule has 1 amide bonds. The topological polar surface area (TPSA) is 163 Å². The van der Waals surface area contributed by atoms with Gasteiger partial charge < -0.3 is 20.3 Å². The molecule has 0 aliphatic heterocycles. The molecule has 0 aromatic heterocycles. The number of rotatable bonds is 7. The molecule has 2 aromatic rings. The lowest BCUT2D eigenvalue weighted by atomic mass is 10.1. The number of amides is 1. The summed E-state index contributed by atoms with van der Waals surface area (Å²) in [5.74, 6) is -2.86. The Bertz CT molecular complexity index is 1050. The zero-order valence-corrected chi connectivity index (χ0v) is 15.1. The van der Waals surface area contributed by atoms with Gasteiger partial charge in [0.1, 0.15) is 11.6 Å². The summed E-state index contributed by atoms with van der Waals surface area (Å²) in [7, 11) is 0. The van der Waals surface area contributed by atoms with E-state index >= 15 is 0 Å². The molecule has 0 radical (unpaired) electrons. The Morgan fingerprint density at radius 1 is 1.34 bits per heavy atom. The first kappa shape index (κ1) is 20.9. The van der Waals surface area contributed by atoms with Gasteiger partial charge in [-0.15, -0.1) is 0 Å². The summed E-state index contributed by atoms with van der Waals surface area (Å²) in [6, 6.07) is 9.35. The summed E-state index contributed by atoms with van der Waals surface area (Å²) < 4.78 is 5.15. The fraction of sp³-hybridized carbons (Fsp3) is 0.105. The molecule has 0 bridgehead atoms. The van der Waals surface area contributed by atoms with E-state index in [1.807, 2.05) is 0 Å². The number of aromatic carboxylic acids is 1. The number of carbonyl (C=O) groups excluding carboxylic acids is 1. The maximum atomic E-state index is 12.4. The molecular formula is C19H15N3O7. The van der Waals surface area contributed by atoms with Crippen molar-refractivity contribution in [3.8, 4) is 17.6 Å². The molecule has 3 N–H and O–H groups in total. The zero-order valence-electron chi connectivity index (χ0n) is 15.1. The quantitative estimate of drug-likeness (QED) is 0.278. The van der Waals surface area contributed by atoms with Crippen LogP contribution in [0.25, 0.3) is 6.08 Å². The van der Waals surface area contributed by atoms with E-state index in [0.29, 0.717) is 0 Å². The molecule has 2 rings (SSSR count). The van der Waals surface area contributed by atoms with Gasteiger partial charge in [-0.25, -0.2) is 4.79 Å². The number of nitro benzene ring substituents is 1. The highest BCUT2D eigenvalue weighted by Crippen LogP contribution is 2.37. The summed E-state index contributed by atoms with van der Waals surface area (Å²) in [6.45, 7) is 1.75. The van der Waals surface area contributed by atoms with Crippen molar-refractivity contribution in [2.75, 3.05) is 11.9 Å². The molecule has 0 aliphatic carbocycles. The predicted octanol–water partition coefficient (Wildman–Crippen LogP) is 2.94. The Balaban J connectivity index is 2.39. The van der Waals surface area contributed by atoms with E-state index in [1.54, 1.807) is 13.0 Å². The number of benzene rings is 2. The number of nitro groups is 1. The van der Waals surface area contributed by atoms with E-state index in [2.05, 4.69) is 5.32 Å². The molecule has 148 valence electrons. The van der Waals surface area contributed by atoms with Crippen LogP contribution in [0.15, 0.2) is 42.0 Å². The lowest BCUT2D eigenvalue weighted by Gasteiger charge is -2.08. The average Bonchev–Trinajstić information content (AvgIpc) is 2.68. The second-order valence-electron chi connectivity index (χ2n) is 5.59. The van der Waals surface area contributed by atoms with E-state index in [9.17, 15) is 30.1 Å². The monoisotopic (exact) mass is 397 g/mol. The number of hydrogen-bond acceptors (Lipinski definition) is 7. The lowest BCUT2D eigenvalue weighted by molar-refractivity contribution is -0.386. The van der Waals surface area contributed by atoms with Gasteiger partial charge >= 0.3 is 11.7 Å². The van der Waals surface area contributed by atoms with E-state index in [1.165, 1.54) is 30.3 Å². The molecule has 0 aliphatic rings. The Kier molecular flexibility index (Phi) is 6.50. The second kappa shape index (κ2) is 9.01. The normalized spacial score (nSPS) is 10.7. The smallest absolute Gasteiger partial charge is 0.335 e. The van der Waals surface area contributed by atoms with Crippen LogP contribution in [0.4, 0.5) is 11.4 Å². The Labute approximate surface area is 164 Å². The molecule has 0 saturated carbocycles. The molecule has 0 saturated heterocycles. The van der Waals surface area contributed by atoms with Crippen LogP contribution < -0.4 is 10.1 Å². The minimum Gasteiger partial charge on any atom is -0.500 e. The Hall–Kier alpha value is -4.39. The maximum absolute atomic E-state index is 12.4. The van der Waals surface area contributed by atoms with Gasteiger partial charge in [0, 0.05) is 11.8 Å². The number of carbonyl (C=O) groups is 2. The van der Waals surface area contributed by atoms with Crippen LogP contribution in [-0.4, -0.2) is 33.6 Å². The first-order valence-electron chi connectivity index (χ1n) is 8.17. The minimum atomic E-state index is -1.18. The first-order chi connectivity index (χ1) is 13.8. The number of nitrogens with zero attached hydrogens (tertiary/aromatic N) is 2. The van der Waals surface area contributed by atoms with Crippen molar-refractivity contribution >= 4 is 29.3 Å². The standard InChI is InChI=1S/C19H15N3O7/c1-2-29-16-8-11(7-15(17(16)23)22(27)28)6-13(10-20)18(24)21-14-5-3-4-12(9-14)19(25)26/h3-9,23H,2H2,1H3,(H,21,24)(H,25,26)/b13-6-. The number of aromatic hydroxyl groups is 1. The number of phenols is 1. The summed E-state index contributed by atoms with van der Waals surface area (Å²) >= 11 is 0. The van der Waals surface area contributed by atoms with Crippen molar-refractivity contribution < 1.29 is 29.5 Å². The van der Waals surface area contributed by atoms with Crippen molar-refractivity contribution in [1.82, 2.24) is 0 Å².